The highest BCUT2D eigenvalue weighted by atomic mass is 32.2. The Labute approximate surface area is 113 Å². The van der Waals surface area contributed by atoms with Crippen LogP contribution in [0.4, 0.5) is 5.69 Å². The molecule has 0 unspecified atom stereocenters. The van der Waals surface area contributed by atoms with Crippen molar-refractivity contribution in [3.8, 4) is 0 Å². The normalized spacial score (nSPS) is 17.9. The molecular weight excluding hydrogens is 264 g/mol. The quantitative estimate of drug-likeness (QED) is 0.441. The van der Waals surface area contributed by atoms with Gasteiger partial charge in [-0.3, -0.25) is 10.8 Å². The minimum absolute atomic E-state index is 0.0123. The second-order valence-electron chi connectivity index (χ2n) is 4.83. The molecule has 2 rings (SSSR count). The molecule has 0 radical (unpaired) electrons. The summed E-state index contributed by atoms with van der Waals surface area (Å²) in [4.78, 5) is 3.96. The second kappa shape index (κ2) is 6.31. The van der Waals surface area contributed by atoms with Crippen LogP contribution in [0.15, 0.2) is 23.4 Å². The number of nitrogen functional groups attached to an aromatic ring is 1. The maximum Gasteiger partial charge on any atom is 0.244 e. The van der Waals surface area contributed by atoms with Gasteiger partial charge in [0.2, 0.25) is 10.0 Å². The molecule has 1 heterocycles. The molecule has 1 fully saturated rings. The van der Waals surface area contributed by atoms with Crippen LogP contribution in [0.2, 0.25) is 0 Å². The number of anilines is 1. The standard InChI is InChI=1S/C12H20N4O2S/c13-15-11-7-8-14-9-12(11)19(17,18)16-10-5-3-1-2-4-6-10/h7-10,16H,1-6,13H2,(H,14,15). The van der Waals surface area contributed by atoms with Crippen LogP contribution in [0.1, 0.15) is 38.5 Å². The number of nitrogens with two attached hydrogens (primary N) is 1. The number of aromatic nitrogens is 1. The molecule has 106 valence electrons. The van der Waals surface area contributed by atoms with Gasteiger partial charge >= 0.3 is 0 Å². The van der Waals surface area contributed by atoms with Crippen molar-refractivity contribution in [1.29, 1.82) is 0 Å². The molecule has 0 atom stereocenters. The first-order valence-corrected chi connectivity index (χ1v) is 8.05. The Balaban J connectivity index is 2.17. The summed E-state index contributed by atoms with van der Waals surface area (Å²) in [6, 6.07) is 1.56. The molecular formula is C12H20N4O2S. The van der Waals surface area contributed by atoms with Crippen LogP contribution < -0.4 is 16.0 Å². The summed E-state index contributed by atoms with van der Waals surface area (Å²) in [5, 5.41) is 0. The fourth-order valence-corrected chi connectivity index (χ4v) is 3.81. The van der Waals surface area contributed by atoms with Crippen molar-refractivity contribution in [2.75, 3.05) is 5.43 Å². The van der Waals surface area contributed by atoms with Crippen LogP contribution in [0.3, 0.4) is 0 Å². The van der Waals surface area contributed by atoms with Crippen LogP contribution in [-0.4, -0.2) is 19.4 Å². The third kappa shape index (κ3) is 3.65. The molecule has 1 aromatic heterocycles. The number of sulfonamides is 1. The van der Waals surface area contributed by atoms with E-state index >= 15 is 0 Å². The lowest BCUT2D eigenvalue weighted by molar-refractivity contribution is 0.510. The van der Waals surface area contributed by atoms with Gasteiger partial charge in [-0.05, 0) is 18.9 Å². The molecule has 6 nitrogen and oxygen atoms in total. The van der Waals surface area contributed by atoms with Crippen LogP contribution in [0, 0.1) is 0 Å². The molecule has 7 heteroatoms. The van der Waals surface area contributed by atoms with E-state index in [0.717, 1.165) is 25.7 Å². The summed E-state index contributed by atoms with van der Waals surface area (Å²) in [7, 11) is -3.57. The van der Waals surface area contributed by atoms with Gasteiger partial charge in [0.15, 0.2) is 0 Å². The lowest BCUT2D eigenvalue weighted by atomic mass is 10.1. The topological polar surface area (TPSA) is 97.1 Å². The third-order valence-electron chi connectivity index (χ3n) is 3.41. The lowest BCUT2D eigenvalue weighted by Gasteiger charge is -2.17. The van der Waals surface area contributed by atoms with E-state index in [0.29, 0.717) is 5.69 Å². The minimum atomic E-state index is -3.57. The Kier molecular flexibility index (Phi) is 4.73. The molecule has 0 amide bonds. The van der Waals surface area contributed by atoms with E-state index < -0.39 is 10.0 Å². The first-order valence-electron chi connectivity index (χ1n) is 6.56. The van der Waals surface area contributed by atoms with Crippen molar-refractivity contribution < 1.29 is 8.42 Å². The zero-order valence-corrected chi connectivity index (χ0v) is 11.6. The number of rotatable bonds is 4. The zero-order valence-electron chi connectivity index (χ0n) is 10.8. The van der Waals surface area contributed by atoms with E-state index in [2.05, 4.69) is 15.1 Å². The predicted molar refractivity (Wildman–Crippen MR) is 73.9 cm³/mol. The molecule has 1 aliphatic rings. The van der Waals surface area contributed by atoms with Gasteiger partial charge in [0.05, 0.1) is 5.69 Å². The van der Waals surface area contributed by atoms with Crippen LogP contribution in [0.25, 0.3) is 0 Å². The Morgan fingerprint density at radius 2 is 1.89 bits per heavy atom. The van der Waals surface area contributed by atoms with Gasteiger partial charge in [0, 0.05) is 18.4 Å². The number of nitrogens with one attached hydrogen (secondary N) is 2. The predicted octanol–water partition coefficient (Wildman–Crippen LogP) is 1.37. The number of pyridine rings is 1. The number of hydrazine groups is 1. The maximum atomic E-state index is 12.3. The third-order valence-corrected chi connectivity index (χ3v) is 4.95. The first-order chi connectivity index (χ1) is 9.13. The highest BCUT2D eigenvalue weighted by Gasteiger charge is 2.23. The fourth-order valence-electron chi connectivity index (χ4n) is 2.39. The summed E-state index contributed by atoms with van der Waals surface area (Å²) in [6.45, 7) is 0. The molecule has 0 bridgehead atoms. The maximum absolute atomic E-state index is 12.3. The van der Waals surface area contributed by atoms with Crippen LogP contribution in [0.5, 0.6) is 0 Å². The van der Waals surface area contributed by atoms with Crippen molar-refractivity contribution in [3.63, 3.8) is 0 Å². The summed E-state index contributed by atoms with van der Waals surface area (Å²) in [5.74, 6) is 5.34. The fraction of sp³-hybridized carbons (Fsp3) is 0.583. The van der Waals surface area contributed by atoms with Crippen molar-refractivity contribution in [1.82, 2.24) is 9.71 Å². The Morgan fingerprint density at radius 3 is 2.53 bits per heavy atom. The summed E-state index contributed by atoms with van der Waals surface area (Å²) in [5.41, 5.74) is 2.75. The van der Waals surface area contributed by atoms with Crippen molar-refractivity contribution >= 4 is 15.7 Å². The average Bonchev–Trinajstić information content (AvgIpc) is 2.67. The zero-order chi connectivity index (χ0) is 13.7. The highest BCUT2D eigenvalue weighted by molar-refractivity contribution is 7.89. The van der Waals surface area contributed by atoms with E-state index in [4.69, 9.17) is 5.84 Å². The van der Waals surface area contributed by atoms with Gasteiger partial charge in [-0.2, -0.15) is 0 Å². The molecule has 0 spiro atoms. The summed E-state index contributed by atoms with van der Waals surface area (Å²) >= 11 is 0. The molecule has 0 aromatic carbocycles. The Hall–Kier alpha value is -1.18. The Morgan fingerprint density at radius 1 is 1.21 bits per heavy atom. The Bertz CT molecular complexity index is 510. The largest absolute Gasteiger partial charge is 0.323 e. The van der Waals surface area contributed by atoms with E-state index in [9.17, 15) is 8.42 Å². The van der Waals surface area contributed by atoms with Gasteiger partial charge in [0.25, 0.3) is 0 Å². The molecule has 0 aliphatic heterocycles. The minimum Gasteiger partial charge on any atom is -0.323 e. The SMILES string of the molecule is NNc1ccncc1S(=O)(=O)NC1CCCCCC1. The highest BCUT2D eigenvalue weighted by Crippen LogP contribution is 2.22. The molecule has 4 N–H and O–H groups in total. The second-order valence-corrected chi connectivity index (χ2v) is 6.51. The smallest absolute Gasteiger partial charge is 0.244 e. The molecule has 19 heavy (non-hydrogen) atoms. The number of hydrogen-bond donors (Lipinski definition) is 3. The van der Waals surface area contributed by atoms with Gasteiger partial charge in [-0.1, -0.05) is 25.7 Å². The molecule has 0 saturated heterocycles. The summed E-state index contributed by atoms with van der Waals surface area (Å²) in [6.07, 6.45) is 9.11. The van der Waals surface area contributed by atoms with E-state index in [-0.39, 0.29) is 10.9 Å². The summed E-state index contributed by atoms with van der Waals surface area (Å²) < 4.78 is 27.5. The first kappa shape index (κ1) is 14.2. The van der Waals surface area contributed by atoms with Crippen LogP contribution in [-0.2, 0) is 10.0 Å². The van der Waals surface area contributed by atoms with E-state index in [1.807, 2.05) is 0 Å². The van der Waals surface area contributed by atoms with Crippen molar-refractivity contribution in [2.24, 2.45) is 5.84 Å². The monoisotopic (exact) mass is 284 g/mol. The van der Waals surface area contributed by atoms with Gasteiger partial charge in [0.1, 0.15) is 4.90 Å². The van der Waals surface area contributed by atoms with E-state index in [1.54, 1.807) is 6.07 Å². The number of hydrogen-bond acceptors (Lipinski definition) is 5. The van der Waals surface area contributed by atoms with Crippen molar-refractivity contribution in [2.45, 2.75) is 49.5 Å². The molecule has 1 saturated carbocycles. The number of nitrogens with zero attached hydrogens (tertiary/aromatic N) is 1. The van der Waals surface area contributed by atoms with E-state index in [1.165, 1.54) is 25.2 Å². The molecule has 1 aliphatic carbocycles. The van der Waals surface area contributed by atoms with Crippen LogP contribution >= 0.6 is 0 Å². The lowest BCUT2D eigenvalue weighted by Crippen LogP contribution is -2.35. The molecule has 1 aromatic rings. The van der Waals surface area contributed by atoms with Gasteiger partial charge < -0.3 is 5.43 Å². The van der Waals surface area contributed by atoms with Gasteiger partial charge in [-0.15, -0.1) is 0 Å². The average molecular weight is 284 g/mol. The van der Waals surface area contributed by atoms with Gasteiger partial charge in [-0.25, -0.2) is 13.1 Å². The van der Waals surface area contributed by atoms with Crippen molar-refractivity contribution in [3.05, 3.63) is 18.5 Å².